The Bertz CT molecular complexity index is 293. The lowest BCUT2D eigenvalue weighted by molar-refractivity contribution is -0.148. The van der Waals surface area contributed by atoms with E-state index in [4.69, 9.17) is 4.74 Å². The van der Waals surface area contributed by atoms with Gasteiger partial charge in [-0.1, -0.05) is 37.3 Å². The summed E-state index contributed by atoms with van der Waals surface area (Å²) in [5.41, 5.74) is 1.29. The number of ether oxygens (including phenoxy) is 1. The van der Waals surface area contributed by atoms with E-state index < -0.39 is 0 Å². The predicted octanol–water partition coefficient (Wildman–Crippen LogP) is 2.96. The zero-order valence-electron chi connectivity index (χ0n) is 9.40. The van der Waals surface area contributed by atoms with Gasteiger partial charge in [0.2, 0.25) is 0 Å². The van der Waals surface area contributed by atoms with Gasteiger partial charge in [0.25, 0.3) is 0 Å². The molecule has 0 heterocycles. The Hall–Kier alpha value is -1.31. The summed E-state index contributed by atoms with van der Waals surface area (Å²) in [6, 6.07) is 10.2. The van der Waals surface area contributed by atoms with Crippen LogP contribution in [0.5, 0.6) is 0 Å². The summed E-state index contributed by atoms with van der Waals surface area (Å²) < 4.78 is 5.18. The van der Waals surface area contributed by atoms with Crippen LogP contribution < -0.4 is 0 Å². The first-order valence-corrected chi connectivity index (χ1v) is 5.45. The minimum Gasteiger partial charge on any atom is -0.463 e. The smallest absolute Gasteiger partial charge is 0.305 e. The molecule has 0 spiro atoms. The van der Waals surface area contributed by atoms with Crippen LogP contribution in [0.2, 0.25) is 0 Å². The highest BCUT2D eigenvalue weighted by atomic mass is 16.5. The average molecular weight is 206 g/mol. The van der Waals surface area contributed by atoms with Crippen molar-refractivity contribution in [2.24, 2.45) is 0 Å². The standard InChI is InChI=1S/C13H18O2/c1-3-13(14)15-11(2)9-10-12-7-5-4-6-8-12/h4-8,11H,3,9-10H2,1-2H3/t11-/m0/s1. The Morgan fingerprint density at radius 3 is 2.60 bits per heavy atom. The van der Waals surface area contributed by atoms with Crippen molar-refractivity contribution in [3.05, 3.63) is 35.9 Å². The van der Waals surface area contributed by atoms with Crippen molar-refractivity contribution < 1.29 is 9.53 Å². The van der Waals surface area contributed by atoms with E-state index in [-0.39, 0.29) is 12.1 Å². The van der Waals surface area contributed by atoms with Crippen LogP contribution in [-0.4, -0.2) is 12.1 Å². The predicted molar refractivity (Wildman–Crippen MR) is 60.6 cm³/mol. The van der Waals surface area contributed by atoms with Gasteiger partial charge >= 0.3 is 5.97 Å². The highest BCUT2D eigenvalue weighted by molar-refractivity contribution is 5.69. The van der Waals surface area contributed by atoms with E-state index >= 15 is 0 Å². The summed E-state index contributed by atoms with van der Waals surface area (Å²) in [5.74, 6) is -0.115. The molecule has 0 aliphatic rings. The van der Waals surface area contributed by atoms with Crippen LogP contribution >= 0.6 is 0 Å². The molecular formula is C13H18O2. The summed E-state index contributed by atoms with van der Waals surface area (Å²) in [7, 11) is 0. The van der Waals surface area contributed by atoms with Crippen LogP contribution in [0.15, 0.2) is 30.3 Å². The third kappa shape index (κ3) is 4.63. The van der Waals surface area contributed by atoms with Crippen molar-refractivity contribution in [1.29, 1.82) is 0 Å². The van der Waals surface area contributed by atoms with Crippen LogP contribution in [-0.2, 0) is 16.0 Å². The van der Waals surface area contributed by atoms with Crippen LogP contribution in [0, 0.1) is 0 Å². The quantitative estimate of drug-likeness (QED) is 0.692. The van der Waals surface area contributed by atoms with Crippen LogP contribution in [0.3, 0.4) is 0 Å². The molecule has 2 nitrogen and oxygen atoms in total. The van der Waals surface area contributed by atoms with Gasteiger partial charge in [0.15, 0.2) is 0 Å². The molecule has 0 saturated carbocycles. The largest absolute Gasteiger partial charge is 0.463 e. The van der Waals surface area contributed by atoms with Gasteiger partial charge in [0.05, 0.1) is 6.10 Å². The summed E-state index contributed by atoms with van der Waals surface area (Å²) >= 11 is 0. The minimum atomic E-state index is -0.115. The number of benzene rings is 1. The Balaban J connectivity index is 2.28. The number of aryl methyl sites for hydroxylation is 1. The van der Waals surface area contributed by atoms with Gasteiger partial charge in [-0.25, -0.2) is 0 Å². The molecule has 82 valence electrons. The fourth-order valence-electron chi connectivity index (χ4n) is 1.38. The molecule has 0 amide bonds. The number of esters is 1. The molecule has 0 unspecified atom stereocenters. The Morgan fingerprint density at radius 2 is 2.00 bits per heavy atom. The maximum Gasteiger partial charge on any atom is 0.305 e. The van der Waals surface area contributed by atoms with Crippen molar-refractivity contribution in [3.63, 3.8) is 0 Å². The Labute approximate surface area is 91.3 Å². The molecule has 0 fully saturated rings. The monoisotopic (exact) mass is 206 g/mol. The molecule has 0 aliphatic heterocycles. The first kappa shape index (κ1) is 11.8. The van der Waals surface area contributed by atoms with Crippen LogP contribution in [0.1, 0.15) is 32.3 Å². The van der Waals surface area contributed by atoms with Crippen molar-refractivity contribution in [2.75, 3.05) is 0 Å². The molecule has 0 aliphatic carbocycles. The highest BCUT2D eigenvalue weighted by Gasteiger charge is 2.07. The molecular weight excluding hydrogens is 188 g/mol. The van der Waals surface area contributed by atoms with Gasteiger partial charge < -0.3 is 4.74 Å². The first-order chi connectivity index (χ1) is 7.22. The molecule has 0 radical (unpaired) electrons. The van der Waals surface area contributed by atoms with Crippen molar-refractivity contribution in [3.8, 4) is 0 Å². The number of carbonyl (C=O) groups is 1. The Morgan fingerprint density at radius 1 is 1.33 bits per heavy atom. The van der Waals surface area contributed by atoms with E-state index in [2.05, 4.69) is 12.1 Å². The third-order valence-electron chi connectivity index (χ3n) is 2.30. The van der Waals surface area contributed by atoms with Gasteiger partial charge in [0, 0.05) is 6.42 Å². The third-order valence-corrected chi connectivity index (χ3v) is 2.30. The van der Waals surface area contributed by atoms with E-state index in [0.29, 0.717) is 6.42 Å². The van der Waals surface area contributed by atoms with Gasteiger partial charge in [-0.05, 0) is 25.3 Å². The van der Waals surface area contributed by atoms with Crippen molar-refractivity contribution >= 4 is 5.97 Å². The van der Waals surface area contributed by atoms with Gasteiger partial charge in [-0.15, -0.1) is 0 Å². The SMILES string of the molecule is CCC(=O)O[C@@H](C)CCc1ccccc1. The van der Waals surface area contributed by atoms with E-state index in [1.807, 2.05) is 32.0 Å². The minimum absolute atomic E-state index is 0.0117. The summed E-state index contributed by atoms with van der Waals surface area (Å²) in [6.45, 7) is 3.75. The number of hydrogen-bond donors (Lipinski definition) is 0. The second-order valence-electron chi connectivity index (χ2n) is 3.68. The molecule has 15 heavy (non-hydrogen) atoms. The molecule has 1 atom stereocenters. The first-order valence-electron chi connectivity index (χ1n) is 5.45. The topological polar surface area (TPSA) is 26.3 Å². The van der Waals surface area contributed by atoms with Crippen molar-refractivity contribution in [1.82, 2.24) is 0 Å². The van der Waals surface area contributed by atoms with E-state index in [0.717, 1.165) is 12.8 Å². The summed E-state index contributed by atoms with van der Waals surface area (Å²) in [6.07, 6.45) is 2.31. The maximum atomic E-state index is 11.0. The van der Waals surface area contributed by atoms with Gasteiger partial charge in [-0.3, -0.25) is 4.79 Å². The zero-order valence-corrected chi connectivity index (χ0v) is 9.40. The number of carbonyl (C=O) groups excluding carboxylic acids is 1. The molecule has 0 N–H and O–H groups in total. The summed E-state index contributed by atoms with van der Waals surface area (Å²) in [4.78, 5) is 11.0. The molecule has 1 rings (SSSR count). The fraction of sp³-hybridized carbons (Fsp3) is 0.462. The molecule has 1 aromatic rings. The zero-order chi connectivity index (χ0) is 11.1. The van der Waals surface area contributed by atoms with E-state index in [1.54, 1.807) is 0 Å². The van der Waals surface area contributed by atoms with Crippen LogP contribution in [0.4, 0.5) is 0 Å². The average Bonchev–Trinajstić information content (AvgIpc) is 2.27. The Kier molecular flexibility index (Phi) is 4.88. The fourth-order valence-corrected chi connectivity index (χ4v) is 1.38. The molecule has 0 saturated heterocycles. The lowest BCUT2D eigenvalue weighted by atomic mass is 10.1. The van der Waals surface area contributed by atoms with E-state index in [9.17, 15) is 4.79 Å². The molecule has 1 aromatic carbocycles. The molecule has 0 aromatic heterocycles. The highest BCUT2D eigenvalue weighted by Crippen LogP contribution is 2.07. The lowest BCUT2D eigenvalue weighted by Crippen LogP contribution is -2.14. The normalized spacial score (nSPS) is 12.1. The number of rotatable bonds is 5. The second-order valence-corrected chi connectivity index (χ2v) is 3.68. The number of hydrogen-bond acceptors (Lipinski definition) is 2. The van der Waals surface area contributed by atoms with Crippen molar-refractivity contribution in [2.45, 2.75) is 39.2 Å². The second kappa shape index (κ2) is 6.23. The van der Waals surface area contributed by atoms with E-state index in [1.165, 1.54) is 5.56 Å². The molecule has 2 heteroatoms. The van der Waals surface area contributed by atoms with Gasteiger partial charge in [-0.2, -0.15) is 0 Å². The summed E-state index contributed by atoms with van der Waals surface area (Å²) in [5, 5.41) is 0. The van der Waals surface area contributed by atoms with Crippen LogP contribution in [0.25, 0.3) is 0 Å². The maximum absolute atomic E-state index is 11.0. The lowest BCUT2D eigenvalue weighted by Gasteiger charge is -2.12. The molecule has 0 bridgehead atoms. The van der Waals surface area contributed by atoms with Gasteiger partial charge in [0.1, 0.15) is 0 Å².